The summed E-state index contributed by atoms with van der Waals surface area (Å²) in [6.07, 6.45) is -5.58. The van der Waals surface area contributed by atoms with Crippen LogP contribution in [0.2, 0.25) is 0 Å². The molecule has 2 nitrogen and oxygen atoms in total. The summed E-state index contributed by atoms with van der Waals surface area (Å²) < 4.78 is 64.4. The molecule has 0 heterocycles. The number of hydrogen-bond donors (Lipinski definition) is 1. The van der Waals surface area contributed by atoms with Gasteiger partial charge in [-0.25, -0.2) is 0 Å². The summed E-state index contributed by atoms with van der Waals surface area (Å²) in [7, 11) is 0. The van der Waals surface area contributed by atoms with Crippen molar-refractivity contribution in [2.75, 3.05) is 19.8 Å². The van der Waals surface area contributed by atoms with Crippen LogP contribution in [0.3, 0.4) is 0 Å². The van der Waals surface area contributed by atoms with Gasteiger partial charge in [0, 0.05) is 12.6 Å². The van der Waals surface area contributed by atoms with Crippen molar-refractivity contribution in [3.63, 3.8) is 0 Å². The fourth-order valence-electron chi connectivity index (χ4n) is 0.805. The fraction of sp³-hybridized carbons (Fsp3) is 0.800. The third-order valence-electron chi connectivity index (χ3n) is 1.76. The standard InChI is InChI=1S/C10H16F5NO/c1-7(2)16-4-8(3)5-17-6-9(11,12)10(13,14)15/h7,16H,3-6H2,1-2H3. The molecule has 0 fully saturated rings. The maximum absolute atomic E-state index is 12.4. The van der Waals surface area contributed by atoms with Crippen molar-refractivity contribution in [2.24, 2.45) is 0 Å². The van der Waals surface area contributed by atoms with Gasteiger partial charge in [0.15, 0.2) is 0 Å². The monoisotopic (exact) mass is 261 g/mol. The summed E-state index contributed by atoms with van der Waals surface area (Å²) in [5.41, 5.74) is 0.414. The molecular weight excluding hydrogens is 245 g/mol. The zero-order valence-electron chi connectivity index (χ0n) is 9.70. The van der Waals surface area contributed by atoms with E-state index in [0.29, 0.717) is 12.1 Å². The summed E-state index contributed by atoms with van der Waals surface area (Å²) in [5.74, 6) is -4.82. The highest BCUT2D eigenvalue weighted by molar-refractivity contribution is 4.97. The zero-order chi connectivity index (χ0) is 13.7. The van der Waals surface area contributed by atoms with Crippen LogP contribution < -0.4 is 5.32 Å². The van der Waals surface area contributed by atoms with E-state index in [2.05, 4.69) is 16.6 Å². The van der Waals surface area contributed by atoms with Crippen LogP contribution in [-0.2, 0) is 4.74 Å². The molecule has 0 aromatic carbocycles. The number of rotatable bonds is 7. The molecule has 0 aliphatic rings. The second-order valence-corrected chi connectivity index (χ2v) is 3.98. The van der Waals surface area contributed by atoms with Crippen molar-refractivity contribution < 1.29 is 26.7 Å². The Kier molecular flexibility index (Phi) is 6.04. The van der Waals surface area contributed by atoms with Gasteiger partial charge in [0.05, 0.1) is 6.61 Å². The van der Waals surface area contributed by atoms with Crippen molar-refractivity contribution in [2.45, 2.75) is 32.0 Å². The molecule has 0 rings (SSSR count). The average Bonchev–Trinajstić information content (AvgIpc) is 2.12. The molecule has 0 saturated carbocycles. The van der Waals surface area contributed by atoms with Gasteiger partial charge in [0.1, 0.15) is 6.61 Å². The lowest BCUT2D eigenvalue weighted by atomic mass is 10.3. The minimum absolute atomic E-state index is 0.170. The lowest BCUT2D eigenvalue weighted by molar-refractivity contribution is -0.296. The van der Waals surface area contributed by atoms with Crippen LogP contribution in [0.1, 0.15) is 13.8 Å². The first-order valence-electron chi connectivity index (χ1n) is 4.98. The van der Waals surface area contributed by atoms with Crippen LogP contribution in [0.5, 0.6) is 0 Å². The molecule has 0 radical (unpaired) electrons. The summed E-state index contributed by atoms with van der Waals surface area (Å²) in [6, 6.07) is 0.170. The SMILES string of the molecule is C=C(CNC(C)C)COCC(F)(F)C(F)(F)F. The van der Waals surface area contributed by atoms with Gasteiger partial charge in [-0.2, -0.15) is 22.0 Å². The van der Waals surface area contributed by atoms with Crippen LogP contribution in [0.4, 0.5) is 22.0 Å². The Hall–Kier alpha value is -0.690. The molecule has 0 bridgehead atoms. The van der Waals surface area contributed by atoms with Crippen LogP contribution >= 0.6 is 0 Å². The van der Waals surface area contributed by atoms with E-state index in [1.54, 1.807) is 0 Å². The van der Waals surface area contributed by atoms with E-state index in [4.69, 9.17) is 0 Å². The maximum atomic E-state index is 12.4. The summed E-state index contributed by atoms with van der Waals surface area (Å²) in [4.78, 5) is 0. The molecule has 0 saturated heterocycles. The van der Waals surface area contributed by atoms with Gasteiger partial charge >= 0.3 is 12.1 Å². The van der Waals surface area contributed by atoms with Gasteiger partial charge in [0.25, 0.3) is 0 Å². The van der Waals surface area contributed by atoms with Crippen molar-refractivity contribution >= 4 is 0 Å². The first-order valence-corrected chi connectivity index (χ1v) is 4.98. The van der Waals surface area contributed by atoms with E-state index in [1.165, 1.54) is 0 Å². The summed E-state index contributed by atoms with van der Waals surface area (Å²) >= 11 is 0. The molecule has 0 aromatic heterocycles. The van der Waals surface area contributed by atoms with Crippen molar-refractivity contribution in [1.29, 1.82) is 0 Å². The van der Waals surface area contributed by atoms with Gasteiger partial charge in [-0.3, -0.25) is 0 Å². The van der Waals surface area contributed by atoms with E-state index >= 15 is 0 Å². The predicted molar refractivity (Wildman–Crippen MR) is 54.1 cm³/mol. The molecular formula is C10H16F5NO. The molecule has 0 aliphatic heterocycles. The van der Waals surface area contributed by atoms with E-state index in [1.807, 2.05) is 13.8 Å². The smallest absolute Gasteiger partial charge is 0.370 e. The van der Waals surface area contributed by atoms with E-state index in [0.717, 1.165) is 0 Å². The quantitative estimate of drug-likeness (QED) is 0.562. The fourth-order valence-corrected chi connectivity index (χ4v) is 0.805. The van der Waals surface area contributed by atoms with Crippen LogP contribution in [0, 0.1) is 0 Å². The molecule has 0 unspecified atom stereocenters. The molecule has 0 amide bonds. The molecule has 102 valence electrons. The summed E-state index contributed by atoms with van der Waals surface area (Å²) in [5, 5.41) is 2.93. The number of nitrogens with one attached hydrogen (secondary N) is 1. The highest BCUT2D eigenvalue weighted by Crippen LogP contribution is 2.35. The highest BCUT2D eigenvalue weighted by Gasteiger charge is 2.57. The van der Waals surface area contributed by atoms with Crippen LogP contribution in [0.15, 0.2) is 12.2 Å². The maximum Gasteiger partial charge on any atom is 0.455 e. The Morgan fingerprint density at radius 3 is 2.18 bits per heavy atom. The normalized spacial score (nSPS) is 13.2. The Morgan fingerprint density at radius 2 is 1.76 bits per heavy atom. The minimum atomic E-state index is -5.58. The molecule has 7 heteroatoms. The predicted octanol–water partition coefficient (Wildman–Crippen LogP) is 2.75. The Balaban J connectivity index is 3.88. The van der Waals surface area contributed by atoms with Crippen molar-refractivity contribution in [3.05, 3.63) is 12.2 Å². The molecule has 1 N–H and O–H groups in total. The number of ether oxygens (including phenoxy) is 1. The van der Waals surface area contributed by atoms with Gasteiger partial charge in [-0.1, -0.05) is 20.4 Å². The number of hydrogen-bond acceptors (Lipinski definition) is 2. The third-order valence-corrected chi connectivity index (χ3v) is 1.76. The Morgan fingerprint density at radius 1 is 1.24 bits per heavy atom. The van der Waals surface area contributed by atoms with E-state index in [-0.39, 0.29) is 12.6 Å². The van der Waals surface area contributed by atoms with E-state index in [9.17, 15) is 22.0 Å². The van der Waals surface area contributed by atoms with Gasteiger partial charge in [-0.15, -0.1) is 0 Å². The second-order valence-electron chi connectivity index (χ2n) is 3.98. The van der Waals surface area contributed by atoms with Gasteiger partial charge in [-0.05, 0) is 5.57 Å². The van der Waals surface area contributed by atoms with Crippen molar-refractivity contribution in [3.8, 4) is 0 Å². The zero-order valence-corrected chi connectivity index (χ0v) is 9.70. The minimum Gasteiger partial charge on any atom is -0.370 e. The van der Waals surface area contributed by atoms with E-state index < -0.39 is 18.7 Å². The number of halogens is 5. The van der Waals surface area contributed by atoms with Gasteiger partial charge in [0.2, 0.25) is 0 Å². The Bertz CT molecular complexity index is 250. The van der Waals surface area contributed by atoms with Crippen molar-refractivity contribution in [1.82, 2.24) is 5.32 Å². The molecule has 0 spiro atoms. The Labute approximate surface area is 96.8 Å². The highest BCUT2D eigenvalue weighted by atomic mass is 19.4. The first kappa shape index (κ1) is 16.3. The lowest BCUT2D eigenvalue weighted by Crippen LogP contribution is -2.41. The molecule has 17 heavy (non-hydrogen) atoms. The topological polar surface area (TPSA) is 21.3 Å². The molecule has 0 aromatic rings. The van der Waals surface area contributed by atoms with Crippen LogP contribution in [-0.4, -0.2) is 37.9 Å². The third kappa shape index (κ3) is 6.58. The van der Waals surface area contributed by atoms with Gasteiger partial charge < -0.3 is 10.1 Å². The first-order chi connectivity index (χ1) is 7.56. The lowest BCUT2D eigenvalue weighted by Gasteiger charge is -2.19. The molecule has 0 atom stereocenters. The van der Waals surface area contributed by atoms with Crippen LogP contribution in [0.25, 0.3) is 0 Å². The molecule has 0 aliphatic carbocycles. The largest absolute Gasteiger partial charge is 0.455 e. The average molecular weight is 261 g/mol. The number of alkyl halides is 5. The second kappa shape index (κ2) is 6.30. The summed E-state index contributed by atoms with van der Waals surface area (Å²) in [6.45, 7) is 5.53.